The van der Waals surface area contributed by atoms with Crippen molar-refractivity contribution >= 4 is 33.3 Å². The Morgan fingerprint density at radius 3 is 2.85 bits per heavy atom. The highest BCUT2D eigenvalue weighted by molar-refractivity contribution is 7.13. The maximum atomic E-state index is 12.1. The number of fused-ring (bicyclic) bond motifs is 1. The van der Waals surface area contributed by atoms with E-state index in [4.69, 9.17) is 0 Å². The number of nitrogens with one attached hydrogen (secondary N) is 1. The Bertz CT molecular complexity index is 604. The molecule has 1 amide bonds. The number of hydrogen-bond acceptors (Lipinski definition) is 5. The minimum Gasteiger partial charge on any atom is -0.308 e. The Balaban J connectivity index is 1.61. The predicted octanol–water partition coefficient (Wildman–Crippen LogP) is 1.48. The molecule has 3 rings (SSSR count). The average Bonchev–Trinajstić information content (AvgIpc) is 2.85. The molecule has 1 aliphatic heterocycles. The standard InChI is InChI=1S/C14H18N4OS/c1-17-6-8-18(9-7-17)10-13(19)15-14-11-4-2-3-5-12(11)20-16-14/h2-5H,6-10H2,1H3,(H,15,16,19). The molecule has 1 aromatic heterocycles. The summed E-state index contributed by atoms with van der Waals surface area (Å²) in [4.78, 5) is 16.6. The summed E-state index contributed by atoms with van der Waals surface area (Å²) in [6.45, 7) is 4.38. The Hall–Kier alpha value is -1.50. The van der Waals surface area contributed by atoms with Crippen LogP contribution in [0.2, 0.25) is 0 Å². The van der Waals surface area contributed by atoms with Gasteiger partial charge < -0.3 is 10.2 Å². The van der Waals surface area contributed by atoms with Crippen LogP contribution in [0.3, 0.4) is 0 Å². The molecule has 1 N–H and O–H groups in total. The summed E-state index contributed by atoms with van der Waals surface area (Å²) in [5, 5.41) is 3.95. The topological polar surface area (TPSA) is 48.5 Å². The van der Waals surface area contributed by atoms with E-state index in [9.17, 15) is 4.79 Å². The van der Waals surface area contributed by atoms with Crippen LogP contribution in [0, 0.1) is 0 Å². The number of anilines is 1. The molecule has 0 bridgehead atoms. The van der Waals surface area contributed by atoms with Crippen LogP contribution in [-0.2, 0) is 4.79 Å². The molecule has 1 saturated heterocycles. The molecule has 0 saturated carbocycles. The van der Waals surface area contributed by atoms with Crippen molar-refractivity contribution in [2.45, 2.75) is 0 Å². The summed E-state index contributed by atoms with van der Waals surface area (Å²) in [6.07, 6.45) is 0. The number of amides is 1. The van der Waals surface area contributed by atoms with Gasteiger partial charge in [-0.3, -0.25) is 9.69 Å². The molecule has 106 valence electrons. The SMILES string of the molecule is CN1CCN(CC(=O)Nc2nsc3ccccc23)CC1. The quantitative estimate of drug-likeness (QED) is 0.930. The van der Waals surface area contributed by atoms with Gasteiger partial charge in [-0.25, -0.2) is 0 Å². The van der Waals surface area contributed by atoms with Crippen LogP contribution in [0.25, 0.3) is 10.1 Å². The molecule has 1 fully saturated rings. The fourth-order valence-corrected chi connectivity index (χ4v) is 3.09. The number of hydrogen-bond donors (Lipinski definition) is 1. The van der Waals surface area contributed by atoms with Gasteiger partial charge in [0.2, 0.25) is 5.91 Å². The van der Waals surface area contributed by atoms with Crippen LogP contribution in [0.1, 0.15) is 0 Å². The lowest BCUT2D eigenvalue weighted by Crippen LogP contribution is -2.47. The van der Waals surface area contributed by atoms with Gasteiger partial charge in [0.15, 0.2) is 5.82 Å². The Kier molecular flexibility index (Phi) is 3.95. The van der Waals surface area contributed by atoms with E-state index in [1.165, 1.54) is 11.5 Å². The smallest absolute Gasteiger partial charge is 0.239 e. The molecule has 5 nitrogen and oxygen atoms in total. The van der Waals surface area contributed by atoms with Gasteiger partial charge in [0.1, 0.15) is 0 Å². The largest absolute Gasteiger partial charge is 0.308 e. The van der Waals surface area contributed by atoms with Crippen molar-refractivity contribution in [3.63, 3.8) is 0 Å². The Morgan fingerprint density at radius 2 is 2.05 bits per heavy atom. The molecule has 0 spiro atoms. The first-order valence-electron chi connectivity index (χ1n) is 6.77. The molecule has 0 unspecified atom stereocenters. The van der Waals surface area contributed by atoms with Gasteiger partial charge >= 0.3 is 0 Å². The van der Waals surface area contributed by atoms with Crippen molar-refractivity contribution in [1.82, 2.24) is 14.2 Å². The molecule has 20 heavy (non-hydrogen) atoms. The Morgan fingerprint density at radius 1 is 1.30 bits per heavy atom. The third-order valence-electron chi connectivity index (χ3n) is 3.60. The summed E-state index contributed by atoms with van der Waals surface area (Å²) in [5.41, 5.74) is 0. The van der Waals surface area contributed by atoms with Gasteiger partial charge in [-0.2, -0.15) is 4.37 Å². The maximum absolute atomic E-state index is 12.1. The second kappa shape index (κ2) is 5.87. The van der Waals surface area contributed by atoms with Crippen LogP contribution in [0.4, 0.5) is 5.82 Å². The van der Waals surface area contributed by atoms with E-state index >= 15 is 0 Å². The third-order valence-corrected chi connectivity index (χ3v) is 4.42. The van der Waals surface area contributed by atoms with Crippen LogP contribution in [0.5, 0.6) is 0 Å². The zero-order chi connectivity index (χ0) is 13.9. The van der Waals surface area contributed by atoms with Crippen LogP contribution in [-0.4, -0.2) is 59.9 Å². The van der Waals surface area contributed by atoms with E-state index in [0.29, 0.717) is 12.4 Å². The first-order valence-corrected chi connectivity index (χ1v) is 7.55. The third kappa shape index (κ3) is 2.98. The highest BCUT2D eigenvalue weighted by Crippen LogP contribution is 2.25. The molecule has 0 radical (unpaired) electrons. The summed E-state index contributed by atoms with van der Waals surface area (Å²) in [7, 11) is 2.11. The fraction of sp³-hybridized carbons (Fsp3) is 0.429. The van der Waals surface area contributed by atoms with Gasteiger partial charge in [-0.15, -0.1) is 0 Å². The van der Waals surface area contributed by atoms with E-state index in [1.807, 2.05) is 24.3 Å². The lowest BCUT2D eigenvalue weighted by Gasteiger charge is -2.31. The average molecular weight is 290 g/mol. The molecule has 1 aliphatic rings. The van der Waals surface area contributed by atoms with Crippen molar-refractivity contribution in [3.8, 4) is 0 Å². The first-order chi connectivity index (χ1) is 9.72. The second-order valence-corrected chi connectivity index (χ2v) is 5.96. The Labute approximate surface area is 122 Å². The molecule has 1 aromatic carbocycles. The normalized spacial score (nSPS) is 17.4. The monoisotopic (exact) mass is 290 g/mol. The van der Waals surface area contributed by atoms with Crippen LogP contribution in [0.15, 0.2) is 24.3 Å². The minimum atomic E-state index is 0.0191. The van der Waals surface area contributed by atoms with Crippen molar-refractivity contribution in [1.29, 1.82) is 0 Å². The first kappa shape index (κ1) is 13.5. The maximum Gasteiger partial charge on any atom is 0.239 e. The summed E-state index contributed by atoms with van der Waals surface area (Å²) in [6, 6.07) is 7.95. The summed E-state index contributed by atoms with van der Waals surface area (Å²) >= 11 is 1.42. The fourth-order valence-electron chi connectivity index (χ4n) is 2.36. The number of piperazine rings is 1. The van der Waals surface area contributed by atoms with Crippen molar-refractivity contribution in [2.24, 2.45) is 0 Å². The van der Waals surface area contributed by atoms with Gasteiger partial charge in [0.25, 0.3) is 0 Å². The van der Waals surface area contributed by atoms with E-state index in [-0.39, 0.29) is 5.91 Å². The molecule has 6 heteroatoms. The van der Waals surface area contributed by atoms with E-state index in [1.54, 1.807) is 0 Å². The molecule has 0 aliphatic carbocycles. The molecular weight excluding hydrogens is 272 g/mol. The highest BCUT2D eigenvalue weighted by atomic mass is 32.1. The predicted molar refractivity (Wildman–Crippen MR) is 82.2 cm³/mol. The van der Waals surface area contributed by atoms with Gasteiger partial charge in [0, 0.05) is 31.6 Å². The number of likely N-dealkylation sites (N-methyl/N-ethyl adjacent to an activating group) is 1. The number of aromatic nitrogens is 1. The highest BCUT2D eigenvalue weighted by Gasteiger charge is 2.17. The molecule has 0 atom stereocenters. The molecule has 2 heterocycles. The van der Waals surface area contributed by atoms with Crippen LogP contribution < -0.4 is 5.32 Å². The minimum absolute atomic E-state index is 0.0191. The number of benzene rings is 1. The van der Waals surface area contributed by atoms with E-state index < -0.39 is 0 Å². The number of carbonyl (C=O) groups excluding carboxylic acids is 1. The zero-order valence-corrected chi connectivity index (χ0v) is 12.3. The van der Waals surface area contributed by atoms with E-state index in [0.717, 1.165) is 36.3 Å². The second-order valence-electron chi connectivity index (χ2n) is 5.15. The number of nitrogens with zero attached hydrogens (tertiary/aromatic N) is 3. The zero-order valence-electron chi connectivity index (χ0n) is 11.5. The van der Waals surface area contributed by atoms with Crippen molar-refractivity contribution in [3.05, 3.63) is 24.3 Å². The number of rotatable bonds is 3. The lowest BCUT2D eigenvalue weighted by atomic mass is 10.2. The summed E-state index contributed by atoms with van der Waals surface area (Å²) in [5.74, 6) is 0.704. The number of carbonyl (C=O) groups is 1. The lowest BCUT2D eigenvalue weighted by molar-refractivity contribution is -0.117. The van der Waals surface area contributed by atoms with Gasteiger partial charge in [-0.05, 0) is 30.7 Å². The van der Waals surface area contributed by atoms with Crippen LogP contribution >= 0.6 is 11.5 Å². The summed E-state index contributed by atoms with van der Waals surface area (Å²) < 4.78 is 5.42. The van der Waals surface area contributed by atoms with Crippen molar-refractivity contribution < 1.29 is 4.79 Å². The molecule has 2 aromatic rings. The van der Waals surface area contributed by atoms with Gasteiger partial charge in [-0.1, -0.05) is 12.1 Å². The molecular formula is C14H18N4OS. The van der Waals surface area contributed by atoms with Crippen molar-refractivity contribution in [2.75, 3.05) is 45.1 Å². The van der Waals surface area contributed by atoms with Gasteiger partial charge in [0.05, 0.1) is 11.2 Å². The van der Waals surface area contributed by atoms with E-state index in [2.05, 4.69) is 26.5 Å².